The van der Waals surface area contributed by atoms with Crippen molar-refractivity contribution in [1.29, 1.82) is 0 Å². The van der Waals surface area contributed by atoms with Crippen LogP contribution >= 0.6 is 11.8 Å². The first kappa shape index (κ1) is 17.8. The largest absolute Gasteiger partial charge is 0.494 e. The van der Waals surface area contributed by atoms with Gasteiger partial charge in [0.15, 0.2) is 0 Å². The van der Waals surface area contributed by atoms with Crippen molar-refractivity contribution in [3.05, 3.63) is 18.2 Å². The minimum Gasteiger partial charge on any atom is -0.494 e. The molecule has 5 nitrogen and oxygen atoms in total. The Morgan fingerprint density at radius 1 is 1.35 bits per heavy atom. The van der Waals surface area contributed by atoms with E-state index >= 15 is 0 Å². The third kappa shape index (κ3) is 5.53. The molecular weight excluding hydrogens is 312 g/mol. The Kier molecular flexibility index (Phi) is 5.68. The molecule has 1 aliphatic heterocycles. The number of carbonyl (C=O) groups is 1. The van der Waals surface area contributed by atoms with E-state index in [0.29, 0.717) is 22.7 Å². The summed E-state index contributed by atoms with van der Waals surface area (Å²) in [6, 6.07) is 6.16. The first-order chi connectivity index (χ1) is 10.8. The van der Waals surface area contributed by atoms with Crippen molar-refractivity contribution in [2.45, 2.75) is 51.0 Å². The smallest absolute Gasteiger partial charge is 0.412 e. The summed E-state index contributed by atoms with van der Waals surface area (Å²) in [5, 5.41) is 6.94. The summed E-state index contributed by atoms with van der Waals surface area (Å²) in [6.45, 7) is 7.74. The standard InChI is InChI=1S/C17H26N2O3S/c1-11-8-13(10-23-11)18-12-6-7-14(15(9-12)21-5)19-16(20)22-17(2,3)4/h6-7,9,11,13,18H,8,10H2,1-5H3,(H,19,20). The van der Waals surface area contributed by atoms with E-state index in [0.717, 1.165) is 17.9 Å². The number of hydrogen-bond donors (Lipinski definition) is 2. The summed E-state index contributed by atoms with van der Waals surface area (Å²) in [5.41, 5.74) is 1.06. The molecule has 1 amide bonds. The van der Waals surface area contributed by atoms with Crippen LogP contribution in [0.4, 0.5) is 16.2 Å². The molecule has 0 saturated carbocycles. The number of benzene rings is 1. The molecule has 2 atom stereocenters. The van der Waals surface area contributed by atoms with Gasteiger partial charge in [0.05, 0.1) is 12.8 Å². The fraction of sp³-hybridized carbons (Fsp3) is 0.588. The molecule has 1 aromatic rings. The van der Waals surface area contributed by atoms with Gasteiger partial charge in [0.2, 0.25) is 0 Å². The van der Waals surface area contributed by atoms with Crippen LogP contribution in [-0.2, 0) is 4.74 Å². The van der Waals surface area contributed by atoms with E-state index in [2.05, 4.69) is 17.6 Å². The summed E-state index contributed by atoms with van der Waals surface area (Å²) >= 11 is 1.98. The Morgan fingerprint density at radius 3 is 2.65 bits per heavy atom. The van der Waals surface area contributed by atoms with Crippen molar-refractivity contribution < 1.29 is 14.3 Å². The highest BCUT2D eigenvalue weighted by atomic mass is 32.2. The van der Waals surface area contributed by atoms with E-state index in [1.807, 2.05) is 50.7 Å². The molecule has 2 unspecified atom stereocenters. The van der Waals surface area contributed by atoms with Crippen molar-refractivity contribution in [3.63, 3.8) is 0 Å². The van der Waals surface area contributed by atoms with Gasteiger partial charge in [-0.3, -0.25) is 5.32 Å². The monoisotopic (exact) mass is 338 g/mol. The second-order valence-electron chi connectivity index (χ2n) is 6.76. The topological polar surface area (TPSA) is 59.6 Å². The van der Waals surface area contributed by atoms with E-state index in [4.69, 9.17) is 9.47 Å². The molecule has 6 heteroatoms. The second-order valence-corrected chi connectivity index (χ2v) is 8.23. The lowest BCUT2D eigenvalue weighted by molar-refractivity contribution is 0.0635. The van der Waals surface area contributed by atoms with E-state index in [-0.39, 0.29) is 0 Å². The highest BCUT2D eigenvalue weighted by Gasteiger charge is 2.22. The third-order valence-electron chi connectivity index (χ3n) is 3.41. The SMILES string of the molecule is COc1cc(NC2CSC(C)C2)ccc1NC(=O)OC(C)(C)C. The maximum Gasteiger partial charge on any atom is 0.412 e. The van der Waals surface area contributed by atoms with Crippen molar-refractivity contribution in [2.24, 2.45) is 0 Å². The van der Waals surface area contributed by atoms with E-state index in [1.54, 1.807) is 7.11 Å². The number of amides is 1. The van der Waals surface area contributed by atoms with Gasteiger partial charge < -0.3 is 14.8 Å². The summed E-state index contributed by atoms with van der Waals surface area (Å²) < 4.78 is 10.7. The van der Waals surface area contributed by atoms with Gasteiger partial charge in [-0.15, -0.1) is 0 Å². The molecule has 0 aliphatic carbocycles. The molecule has 1 saturated heterocycles. The fourth-order valence-electron chi connectivity index (χ4n) is 2.45. The van der Waals surface area contributed by atoms with Crippen LogP contribution in [0.15, 0.2) is 18.2 Å². The average molecular weight is 338 g/mol. The molecule has 2 rings (SSSR count). The maximum absolute atomic E-state index is 11.9. The van der Waals surface area contributed by atoms with Gasteiger partial charge in [0, 0.05) is 28.8 Å². The lowest BCUT2D eigenvalue weighted by Crippen LogP contribution is -2.27. The van der Waals surface area contributed by atoms with Gasteiger partial charge in [-0.25, -0.2) is 4.79 Å². The number of rotatable bonds is 4. The Hall–Kier alpha value is -1.56. The van der Waals surface area contributed by atoms with Crippen molar-refractivity contribution in [3.8, 4) is 5.75 Å². The Bertz CT molecular complexity index is 557. The Balaban J connectivity index is 2.03. The van der Waals surface area contributed by atoms with E-state index in [9.17, 15) is 4.79 Å². The zero-order valence-electron chi connectivity index (χ0n) is 14.4. The Morgan fingerprint density at radius 2 is 2.09 bits per heavy atom. The molecule has 23 heavy (non-hydrogen) atoms. The van der Waals surface area contributed by atoms with E-state index in [1.165, 1.54) is 0 Å². The second kappa shape index (κ2) is 7.34. The molecule has 128 valence electrons. The summed E-state index contributed by atoms with van der Waals surface area (Å²) in [4.78, 5) is 11.9. The first-order valence-electron chi connectivity index (χ1n) is 7.83. The molecule has 1 fully saturated rings. The minimum absolute atomic E-state index is 0.476. The van der Waals surface area contributed by atoms with Crippen LogP contribution in [0, 0.1) is 0 Å². The van der Waals surface area contributed by atoms with Gasteiger partial charge in [-0.2, -0.15) is 11.8 Å². The van der Waals surface area contributed by atoms with Crippen LogP contribution in [0.25, 0.3) is 0 Å². The van der Waals surface area contributed by atoms with Gasteiger partial charge >= 0.3 is 6.09 Å². The fourth-order valence-corrected chi connectivity index (χ4v) is 3.60. The van der Waals surface area contributed by atoms with Crippen molar-refractivity contribution in [1.82, 2.24) is 0 Å². The number of ether oxygens (including phenoxy) is 2. The highest BCUT2D eigenvalue weighted by molar-refractivity contribution is 8.00. The van der Waals surface area contributed by atoms with Crippen LogP contribution < -0.4 is 15.4 Å². The van der Waals surface area contributed by atoms with Gasteiger partial charge in [0.1, 0.15) is 11.4 Å². The van der Waals surface area contributed by atoms with Gasteiger partial charge in [-0.1, -0.05) is 6.92 Å². The zero-order chi connectivity index (χ0) is 17.0. The van der Waals surface area contributed by atoms with Crippen LogP contribution in [0.5, 0.6) is 5.75 Å². The molecule has 1 aliphatic rings. The number of thioether (sulfide) groups is 1. The molecule has 0 bridgehead atoms. The molecule has 0 spiro atoms. The number of anilines is 2. The zero-order valence-corrected chi connectivity index (χ0v) is 15.3. The number of methoxy groups -OCH3 is 1. The van der Waals surface area contributed by atoms with Crippen molar-refractivity contribution in [2.75, 3.05) is 23.5 Å². The van der Waals surface area contributed by atoms with Gasteiger partial charge in [0.25, 0.3) is 0 Å². The Labute approximate surface area is 142 Å². The predicted octanol–water partition coefficient (Wildman–Crippen LogP) is 4.35. The molecule has 1 aromatic carbocycles. The lowest BCUT2D eigenvalue weighted by atomic mass is 10.1. The van der Waals surface area contributed by atoms with Crippen LogP contribution in [0.1, 0.15) is 34.1 Å². The minimum atomic E-state index is -0.532. The molecule has 0 aromatic heterocycles. The van der Waals surface area contributed by atoms with Crippen LogP contribution in [0.3, 0.4) is 0 Å². The summed E-state index contributed by atoms with van der Waals surface area (Å²) in [7, 11) is 1.59. The quantitative estimate of drug-likeness (QED) is 0.855. The molecule has 0 radical (unpaired) electrons. The van der Waals surface area contributed by atoms with Crippen LogP contribution in [-0.4, -0.2) is 35.8 Å². The maximum atomic E-state index is 11.9. The normalized spacial score (nSPS) is 20.9. The average Bonchev–Trinajstić information content (AvgIpc) is 2.83. The number of hydrogen-bond acceptors (Lipinski definition) is 5. The molecule has 2 N–H and O–H groups in total. The third-order valence-corrected chi connectivity index (χ3v) is 4.76. The summed E-state index contributed by atoms with van der Waals surface area (Å²) in [5.74, 6) is 1.72. The van der Waals surface area contributed by atoms with Crippen molar-refractivity contribution >= 4 is 29.2 Å². The first-order valence-corrected chi connectivity index (χ1v) is 8.88. The molecule has 1 heterocycles. The molecular formula is C17H26N2O3S. The predicted molar refractivity (Wildman–Crippen MR) is 96.8 cm³/mol. The van der Waals surface area contributed by atoms with Gasteiger partial charge in [-0.05, 0) is 39.3 Å². The summed E-state index contributed by atoms with van der Waals surface area (Å²) in [6.07, 6.45) is 0.669. The lowest BCUT2D eigenvalue weighted by Gasteiger charge is -2.21. The number of nitrogens with one attached hydrogen (secondary N) is 2. The van der Waals surface area contributed by atoms with Crippen LogP contribution in [0.2, 0.25) is 0 Å². The number of carbonyl (C=O) groups excluding carboxylic acids is 1. The van der Waals surface area contributed by atoms with E-state index < -0.39 is 11.7 Å². The highest BCUT2D eigenvalue weighted by Crippen LogP contribution is 2.32.